The number of hydrazone groups is 1. The van der Waals surface area contributed by atoms with E-state index in [1.54, 1.807) is 30.3 Å². The first-order chi connectivity index (χ1) is 17.7. The highest BCUT2D eigenvalue weighted by Crippen LogP contribution is 2.36. The third-order valence-electron chi connectivity index (χ3n) is 4.63. The smallest absolute Gasteiger partial charge is 0.329 e. The molecule has 0 radical (unpaired) electrons. The molecule has 12 heteroatoms. The molecule has 3 amide bonds. The van der Waals surface area contributed by atoms with Crippen molar-refractivity contribution in [2.24, 2.45) is 5.10 Å². The summed E-state index contributed by atoms with van der Waals surface area (Å²) in [4.78, 5) is 36.2. The fourth-order valence-electron chi connectivity index (χ4n) is 2.99. The van der Waals surface area contributed by atoms with Crippen LogP contribution in [0.15, 0.2) is 70.2 Å². The Kier molecular flexibility index (Phi) is 10.3. The average Bonchev–Trinajstić information content (AvgIpc) is 2.86. The molecule has 0 bridgehead atoms. The summed E-state index contributed by atoms with van der Waals surface area (Å²) >= 11 is 15.3. The standard InChI is InChI=1S/C25H21BrCl2N4O5/c1-36-21-8-16(13-30-32-25(35)24(34)29-12-15-5-3-2-4-6-15)7-20(26)23(21)37-14-22(33)31-19-10-17(27)9-18(28)11-19/h2-11,13H,12,14H2,1H3,(H,29,34)(H,31,33)(H,32,35). The summed E-state index contributed by atoms with van der Waals surface area (Å²) in [6.45, 7) is -0.103. The summed E-state index contributed by atoms with van der Waals surface area (Å²) in [6.07, 6.45) is 1.33. The van der Waals surface area contributed by atoms with Crippen LogP contribution in [0.2, 0.25) is 10.0 Å². The molecule has 0 aliphatic heterocycles. The third kappa shape index (κ3) is 8.78. The molecule has 0 spiro atoms. The number of benzene rings is 3. The lowest BCUT2D eigenvalue weighted by molar-refractivity contribution is -0.139. The van der Waals surface area contributed by atoms with Crippen LogP contribution in [-0.4, -0.2) is 37.7 Å². The zero-order valence-corrected chi connectivity index (χ0v) is 22.5. The molecule has 0 heterocycles. The Morgan fingerprint density at radius 3 is 2.38 bits per heavy atom. The van der Waals surface area contributed by atoms with Gasteiger partial charge in [0.2, 0.25) is 0 Å². The Morgan fingerprint density at radius 2 is 1.70 bits per heavy atom. The van der Waals surface area contributed by atoms with Crippen molar-refractivity contribution in [2.45, 2.75) is 6.54 Å². The van der Waals surface area contributed by atoms with Crippen molar-refractivity contribution < 1.29 is 23.9 Å². The molecule has 0 aliphatic rings. The fourth-order valence-corrected chi connectivity index (χ4v) is 4.09. The van der Waals surface area contributed by atoms with E-state index < -0.39 is 17.7 Å². The highest BCUT2D eigenvalue weighted by atomic mass is 79.9. The second-order valence-electron chi connectivity index (χ2n) is 7.40. The largest absolute Gasteiger partial charge is 0.493 e. The normalized spacial score (nSPS) is 10.6. The van der Waals surface area contributed by atoms with Crippen LogP contribution >= 0.6 is 39.1 Å². The molecule has 3 rings (SSSR count). The van der Waals surface area contributed by atoms with E-state index in [1.807, 2.05) is 30.3 Å². The molecule has 0 unspecified atom stereocenters. The number of ether oxygens (including phenoxy) is 2. The fraction of sp³-hybridized carbons (Fsp3) is 0.120. The van der Waals surface area contributed by atoms with Crippen LogP contribution in [-0.2, 0) is 20.9 Å². The minimum absolute atomic E-state index is 0.216. The number of carbonyl (C=O) groups excluding carboxylic acids is 3. The first-order valence-corrected chi connectivity index (χ1v) is 12.2. The number of anilines is 1. The predicted octanol–water partition coefficient (Wildman–Crippen LogP) is 4.55. The van der Waals surface area contributed by atoms with Crippen molar-refractivity contribution >= 4 is 68.8 Å². The Labute approximate surface area is 231 Å². The minimum atomic E-state index is -0.912. The quantitative estimate of drug-likeness (QED) is 0.187. The van der Waals surface area contributed by atoms with E-state index in [-0.39, 0.29) is 18.9 Å². The summed E-state index contributed by atoms with van der Waals surface area (Å²) in [5.41, 5.74) is 3.99. The number of carbonyl (C=O) groups is 3. The van der Waals surface area contributed by atoms with Gasteiger partial charge in [0.05, 0.1) is 17.8 Å². The van der Waals surface area contributed by atoms with Gasteiger partial charge in [-0.3, -0.25) is 14.4 Å². The highest BCUT2D eigenvalue weighted by Gasteiger charge is 2.15. The van der Waals surface area contributed by atoms with E-state index in [9.17, 15) is 14.4 Å². The molecule has 0 aromatic heterocycles. The molecule has 0 aliphatic carbocycles. The summed E-state index contributed by atoms with van der Waals surface area (Å²) in [6, 6.07) is 17.1. The van der Waals surface area contributed by atoms with Gasteiger partial charge in [-0.05, 0) is 57.4 Å². The average molecular weight is 608 g/mol. The van der Waals surface area contributed by atoms with E-state index in [0.29, 0.717) is 31.5 Å². The molecule has 3 N–H and O–H groups in total. The van der Waals surface area contributed by atoms with E-state index in [1.165, 1.54) is 13.3 Å². The van der Waals surface area contributed by atoms with Crippen LogP contribution in [0.5, 0.6) is 11.5 Å². The van der Waals surface area contributed by atoms with Gasteiger partial charge in [-0.25, -0.2) is 5.43 Å². The molecule has 0 saturated carbocycles. The van der Waals surface area contributed by atoms with Crippen molar-refractivity contribution in [2.75, 3.05) is 19.0 Å². The lowest BCUT2D eigenvalue weighted by Gasteiger charge is -2.13. The molecular weight excluding hydrogens is 587 g/mol. The Hall–Kier alpha value is -3.60. The van der Waals surface area contributed by atoms with Gasteiger partial charge in [0.1, 0.15) is 0 Å². The minimum Gasteiger partial charge on any atom is -0.493 e. The molecular formula is C25H21BrCl2N4O5. The summed E-state index contributed by atoms with van der Waals surface area (Å²) in [7, 11) is 1.43. The molecule has 0 fully saturated rings. The highest BCUT2D eigenvalue weighted by molar-refractivity contribution is 9.10. The summed E-state index contributed by atoms with van der Waals surface area (Å²) < 4.78 is 11.5. The van der Waals surface area contributed by atoms with Crippen molar-refractivity contribution in [3.8, 4) is 11.5 Å². The zero-order valence-electron chi connectivity index (χ0n) is 19.4. The van der Waals surface area contributed by atoms with Gasteiger partial charge in [0, 0.05) is 22.3 Å². The van der Waals surface area contributed by atoms with Crippen LogP contribution in [0.3, 0.4) is 0 Å². The molecule has 0 atom stereocenters. The first-order valence-electron chi connectivity index (χ1n) is 10.7. The topological polar surface area (TPSA) is 118 Å². The van der Waals surface area contributed by atoms with Gasteiger partial charge in [-0.15, -0.1) is 0 Å². The first kappa shape index (κ1) is 28.0. The number of rotatable bonds is 9. The zero-order chi connectivity index (χ0) is 26.8. The molecule has 3 aromatic carbocycles. The maximum atomic E-state index is 12.3. The van der Waals surface area contributed by atoms with Crippen LogP contribution in [0.25, 0.3) is 0 Å². The second kappa shape index (κ2) is 13.6. The van der Waals surface area contributed by atoms with Crippen LogP contribution in [0.1, 0.15) is 11.1 Å². The number of hydrogen-bond donors (Lipinski definition) is 3. The number of nitrogens with zero attached hydrogens (tertiary/aromatic N) is 1. The van der Waals surface area contributed by atoms with Crippen molar-refractivity contribution in [3.63, 3.8) is 0 Å². The second-order valence-corrected chi connectivity index (χ2v) is 9.12. The van der Waals surface area contributed by atoms with E-state index in [0.717, 1.165) is 5.56 Å². The molecule has 9 nitrogen and oxygen atoms in total. The van der Waals surface area contributed by atoms with E-state index in [4.69, 9.17) is 32.7 Å². The number of hydrogen-bond acceptors (Lipinski definition) is 6. The van der Waals surface area contributed by atoms with Crippen molar-refractivity contribution in [1.29, 1.82) is 0 Å². The molecule has 192 valence electrons. The van der Waals surface area contributed by atoms with Crippen LogP contribution in [0.4, 0.5) is 5.69 Å². The van der Waals surface area contributed by atoms with Crippen molar-refractivity contribution in [3.05, 3.63) is 86.3 Å². The maximum absolute atomic E-state index is 12.3. The third-order valence-corrected chi connectivity index (χ3v) is 5.65. The van der Waals surface area contributed by atoms with Gasteiger partial charge in [-0.1, -0.05) is 53.5 Å². The van der Waals surface area contributed by atoms with Gasteiger partial charge < -0.3 is 20.1 Å². The number of halogens is 3. The van der Waals surface area contributed by atoms with Crippen LogP contribution in [0, 0.1) is 0 Å². The number of methoxy groups -OCH3 is 1. The Balaban J connectivity index is 1.55. The number of amides is 3. The van der Waals surface area contributed by atoms with Gasteiger partial charge >= 0.3 is 11.8 Å². The monoisotopic (exact) mass is 606 g/mol. The predicted molar refractivity (Wildman–Crippen MR) is 145 cm³/mol. The lowest BCUT2D eigenvalue weighted by atomic mass is 10.2. The lowest BCUT2D eigenvalue weighted by Crippen LogP contribution is -2.37. The van der Waals surface area contributed by atoms with Crippen LogP contribution < -0.4 is 25.5 Å². The van der Waals surface area contributed by atoms with Gasteiger partial charge in [-0.2, -0.15) is 5.10 Å². The number of nitrogens with one attached hydrogen (secondary N) is 3. The van der Waals surface area contributed by atoms with Gasteiger partial charge in [0.15, 0.2) is 18.1 Å². The van der Waals surface area contributed by atoms with Gasteiger partial charge in [0.25, 0.3) is 5.91 Å². The summed E-state index contributed by atoms with van der Waals surface area (Å²) in [5.74, 6) is -1.58. The molecule has 3 aromatic rings. The molecule has 37 heavy (non-hydrogen) atoms. The molecule has 0 saturated heterocycles. The SMILES string of the molecule is COc1cc(C=NNC(=O)C(=O)NCc2ccccc2)cc(Br)c1OCC(=O)Nc1cc(Cl)cc(Cl)c1. The maximum Gasteiger partial charge on any atom is 0.329 e. The Bertz CT molecular complexity index is 1300. The summed E-state index contributed by atoms with van der Waals surface area (Å²) in [5, 5.41) is 9.73. The van der Waals surface area contributed by atoms with E-state index in [2.05, 4.69) is 37.1 Å². The van der Waals surface area contributed by atoms with E-state index >= 15 is 0 Å². The van der Waals surface area contributed by atoms with Crippen molar-refractivity contribution in [1.82, 2.24) is 10.7 Å². The Morgan fingerprint density at radius 1 is 1.00 bits per heavy atom.